The minimum absolute atomic E-state index is 0. The summed E-state index contributed by atoms with van der Waals surface area (Å²) in [5.41, 5.74) is 0.321. The summed E-state index contributed by atoms with van der Waals surface area (Å²) in [4.78, 5) is 0. The van der Waals surface area contributed by atoms with E-state index in [1.807, 2.05) is 0 Å². The molecule has 4 aliphatic carbocycles. The molecule has 6 rings (SSSR count). The number of allylic oxidation sites excluding steroid dienone is 1. The summed E-state index contributed by atoms with van der Waals surface area (Å²) in [5.74, 6) is 0.338. The smallest absolute Gasteiger partial charge is 0.726 e. The zero-order chi connectivity index (χ0) is 33.7. The van der Waals surface area contributed by atoms with Crippen LogP contribution >= 0.6 is 0 Å². The average Bonchev–Trinajstić information content (AvgIpc) is 3.33. The molecule has 48 heavy (non-hydrogen) atoms. The van der Waals surface area contributed by atoms with E-state index in [0.29, 0.717) is 24.2 Å². The molecule has 264 valence electrons. The average molecular weight is 735 g/mol. The number of hydrogen-bond donors (Lipinski definition) is 0. The summed E-state index contributed by atoms with van der Waals surface area (Å²) in [6.07, 6.45) is 6.42. The second kappa shape index (κ2) is 14.5. The third kappa shape index (κ3) is 7.39. The molecule has 0 amide bonds. The standard InChI is InChI=1S/C33H54O11S2.2Na/c1-8-13-33-40-26-17-24-22-11-10-21-16-25(42-45(34,35)36)27(43-46(37,38)39)18-31(21,6)23(22)12-14-30(24,5)29(26)32(7,44-33)28(41-33)15-20(9-2)19(3)4;;/h9,19,21-29H,8,10-18H2,1-7H3,(H,34,35,36)(H,37,38,39);;/q;2*+1/p-2/b20-9-;;/t21-,22+,23-,24-,25?,26-,27?,28+,29?,30-,31-,32-,33?;;/m0../s1. The van der Waals surface area contributed by atoms with Gasteiger partial charge in [0.15, 0.2) is 0 Å². The maximum atomic E-state index is 11.7. The van der Waals surface area contributed by atoms with Crippen LogP contribution < -0.4 is 59.1 Å². The van der Waals surface area contributed by atoms with Crippen LogP contribution in [0, 0.1) is 46.3 Å². The molecule has 0 aromatic rings. The maximum absolute atomic E-state index is 11.7. The molecule has 6 aliphatic rings. The first-order valence-corrected chi connectivity index (χ1v) is 19.9. The molecule has 0 spiro atoms. The minimum atomic E-state index is -5.16. The van der Waals surface area contributed by atoms with Crippen LogP contribution in [0.1, 0.15) is 113 Å². The van der Waals surface area contributed by atoms with Gasteiger partial charge in [-0.15, -0.1) is 0 Å². The van der Waals surface area contributed by atoms with Crippen molar-refractivity contribution in [2.75, 3.05) is 0 Å². The van der Waals surface area contributed by atoms with E-state index in [0.717, 1.165) is 44.9 Å². The monoisotopic (exact) mass is 734 g/mol. The van der Waals surface area contributed by atoms with Gasteiger partial charge in [-0.1, -0.05) is 46.3 Å². The molecule has 2 bridgehead atoms. The van der Waals surface area contributed by atoms with Gasteiger partial charge >= 0.3 is 59.1 Å². The van der Waals surface area contributed by atoms with E-state index in [4.69, 9.17) is 22.6 Å². The van der Waals surface area contributed by atoms with E-state index in [1.165, 1.54) is 5.57 Å². The van der Waals surface area contributed by atoms with Crippen molar-refractivity contribution < 1.29 is 108 Å². The zero-order valence-corrected chi connectivity index (χ0v) is 35.9. The van der Waals surface area contributed by atoms with Crippen LogP contribution in [0.3, 0.4) is 0 Å². The third-order valence-electron chi connectivity index (χ3n) is 13.5. The van der Waals surface area contributed by atoms with Crippen molar-refractivity contribution in [2.45, 2.75) is 149 Å². The number of hydrogen-bond acceptors (Lipinski definition) is 11. The Labute approximate surface area is 332 Å². The first-order chi connectivity index (χ1) is 21.3. The fraction of sp³-hybridized carbons (Fsp3) is 0.939. The summed E-state index contributed by atoms with van der Waals surface area (Å²) in [6, 6.07) is 0. The Balaban J connectivity index is 0.00000260. The summed E-state index contributed by atoms with van der Waals surface area (Å²) < 4.78 is 100. The number of ether oxygens (including phenoxy) is 3. The van der Waals surface area contributed by atoms with Gasteiger partial charge in [-0.25, -0.2) is 16.8 Å². The van der Waals surface area contributed by atoms with Crippen LogP contribution in [0.4, 0.5) is 0 Å². The molecule has 15 heteroatoms. The minimum Gasteiger partial charge on any atom is -0.726 e. The van der Waals surface area contributed by atoms with Gasteiger partial charge < -0.3 is 23.3 Å². The van der Waals surface area contributed by atoms with Crippen LogP contribution in [0.2, 0.25) is 0 Å². The number of fused-ring (bicyclic) bond motifs is 10. The van der Waals surface area contributed by atoms with E-state index < -0.39 is 50.0 Å². The molecule has 13 atom stereocenters. The van der Waals surface area contributed by atoms with Crippen molar-refractivity contribution in [3.05, 3.63) is 11.6 Å². The van der Waals surface area contributed by atoms with Gasteiger partial charge in [0.05, 0.1) is 12.2 Å². The Morgan fingerprint density at radius 3 is 2.15 bits per heavy atom. The van der Waals surface area contributed by atoms with Crippen LogP contribution in [0.5, 0.6) is 0 Å². The van der Waals surface area contributed by atoms with Gasteiger partial charge in [-0.2, -0.15) is 0 Å². The molecule has 0 aromatic carbocycles. The largest absolute Gasteiger partial charge is 1.00 e. The molecule has 4 saturated carbocycles. The molecule has 2 saturated heterocycles. The first-order valence-electron chi connectivity index (χ1n) is 17.3. The van der Waals surface area contributed by atoms with Crippen molar-refractivity contribution in [1.29, 1.82) is 0 Å². The quantitative estimate of drug-likeness (QED) is 0.131. The van der Waals surface area contributed by atoms with E-state index in [1.54, 1.807) is 0 Å². The van der Waals surface area contributed by atoms with Crippen molar-refractivity contribution >= 4 is 20.8 Å². The molecular weight excluding hydrogens is 682 g/mol. The van der Waals surface area contributed by atoms with Gasteiger partial charge in [0.25, 0.3) is 5.97 Å². The van der Waals surface area contributed by atoms with Gasteiger partial charge in [0.1, 0.15) is 17.8 Å². The predicted molar refractivity (Wildman–Crippen MR) is 165 cm³/mol. The summed E-state index contributed by atoms with van der Waals surface area (Å²) in [6.45, 7) is 15.4. The van der Waals surface area contributed by atoms with E-state index in [9.17, 15) is 25.9 Å². The molecule has 4 unspecified atom stereocenters. The molecule has 0 radical (unpaired) electrons. The van der Waals surface area contributed by atoms with Crippen molar-refractivity contribution in [3.63, 3.8) is 0 Å². The topological polar surface area (TPSA) is 161 Å². The van der Waals surface area contributed by atoms with Crippen LogP contribution in [-0.4, -0.2) is 61.9 Å². The van der Waals surface area contributed by atoms with Crippen molar-refractivity contribution in [2.24, 2.45) is 46.3 Å². The molecule has 6 fully saturated rings. The van der Waals surface area contributed by atoms with E-state index >= 15 is 0 Å². The molecule has 2 heterocycles. The van der Waals surface area contributed by atoms with Crippen molar-refractivity contribution in [3.8, 4) is 0 Å². The summed E-state index contributed by atoms with van der Waals surface area (Å²) >= 11 is 0. The fourth-order valence-corrected chi connectivity index (χ4v) is 12.8. The molecule has 0 aromatic heterocycles. The van der Waals surface area contributed by atoms with Gasteiger partial charge in [0.2, 0.25) is 20.8 Å². The molecular formula is C33H52Na2O11S2. The Morgan fingerprint density at radius 1 is 0.917 bits per heavy atom. The Kier molecular flexibility index (Phi) is 12.8. The maximum Gasteiger partial charge on any atom is 1.00 e. The summed E-state index contributed by atoms with van der Waals surface area (Å²) in [7, 11) is -10.3. The number of rotatable bonds is 9. The molecule has 11 nitrogen and oxygen atoms in total. The van der Waals surface area contributed by atoms with Crippen molar-refractivity contribution in [1.82, 2.24) is 0 Å². The molecule has 2 aliphatic heterocycles. The third-order valence-corrected chi connectivity index (χ3v) is 14.5. The molecule has 0 N–H and O–H groups in total. The van der Waals surface area contributed by atoms with Gasteiger partial charge in [-0.3, -0.25) is 8.37 Å². The van der Waals surface area contributed by atoms with Crippen LogP contribution in [0.25, 0.3) is 0 Å². The fourth-order valence-electron chi connectivity index (χ4n) is 11.8. The second-order valence-electron chi connectivity index (χ2n) is 16.1. The Morgan fingerprint density at radius 2 is 1.56 bits per heavy atom. The first kappa shape index (κ1) is 42.1. The normalized spacial score (nSPS) is 46.9. The second-order valence-corrected chi connectivity index (χ2v) is 18.2. The predicted octanol–water partition coefficient (Wildman–Crippen LogP) is -0.417. The van der Waals surface area contributed by atoms with Gasteiger partial charge in [0, 0.05) is 12.3 Å². The SMILES string of the molecule is C/C=C(/C[C@H]1OC2(CCC)O[C@H]3C[C@H]4[C@@H]5CC[C@H]6CC(OS(=O)(=O)[O-])C(OS(=O)(=O)[O-])C[C@]6(C)[C@H]5CC[C@]4(C)C3[C@@]1(C)O2)C(C)C.[Na+].[Na+]. The Bertz CT molecular complexity index is 1440. The van der Waals surface area contributed by atoms with Gasteiger partial charge in [-0.05, 0) is 112 Å². The zero-order valence-electron chi connectivity index (χ0n) is 30.2. The summed E-state index contributed by atoms with van der Waals surface area (Å²) in [5, 5.41) is 0. The van der Waals surface area contributed by atoms with Crippen LogP contribution in [-0.2, 0) is 43.4 Å². The van der Waals surface area contributed by atoms with Crippen LogP contribution in [0.15, 0.2) is 11.6 Å². The Hall–Kier alpha value is 1.36. The van der Waals surface area contributed by atoms with E-state index in [2.05, 4.69) is 54.5 Å². The van der Waals surface area contributed by atoms with E-state index in [-0.39, 0.29) is 107 Å².